The van der Waals surface area contributed by atoms with E-state index in [0.29, 0.717) is 12.1 Å². The molecule has 1 aliphatic rings. The second kappa shape index (κ2) is 7.84. The van der Waals surface area contributed by atoms with Gasteiger partial charge in [0.05, 0.1) is 6.10 Å². The molecule has 0 saturated heterocycles. The lowest BCUT2D eigenvalue weighted by molar-refractivity contribution is 0.225. The van der Waals surface area contributed by atoms with Gasteiger partial charge in [-0.05, 0) is 45.6 Å². The summed E-state index contributed by atoms with van der Waals surface area (Å²) in [6.07, 6.45) is 6.97. The van der Waals surface area contributed by atoms with E-state index in [1.807, 2.05) is 0 Å². The van der Waals surface area contributed by atoms with Crippen LogP contribution in [0.4, 0.5) is 0 Å². The lowest BCUT2D eigenvalue weighted by Crippen LogP contribution is -2.39. The zero-order chi connectivity index (χ0) is 15.2. The second-order valence-electron chi connectivity index (χ2n) is 6.65. The van der Waals surface area contributed by atoms with Gasteiger partial charge in [0.25, 0.3) is 0 Å². The summed E-state index contributed by atoms with van der Waals surface area (Å²) in [5.41, 5.74) is 1.28. The van der Waals surface area contributed by atoms with Crippen molar-refractivity contribution in [1.29, 1.82) is 0 Å². The van der Waals surface area contributed by atoms with Gasteiger partial charge in [0.1, 0.15) is 5.75 Å². The predicted molar refractivity (Wildman–Crippen MR) is 89.8 cm³/mol. The topological polar surface area (TPSA) is 21.3 Å². The molecule has 21 heavy (non-hydrogen) atoms. The summed E-state index contributed by atoms with van der Waals surface area (Å²) in [5.74, 6) is 1.86. The van der Waals surface area contributed by atoms with E-state index < -0.39 is 0 Å². The van der Waals surface area contributed by atoms with E-state index in [1.165, 1.54) is 37.7 Å². The molecule has 0 spiro atoms. The second-order valence-corrected chi connectivity index (χ2v) is 6.65. The molecule has 1 aromatic carbocycles. The van der Waals surface area contributed by atoms with Crippen LogP contribution in [-0.2, 0) is 0 Å². The number of benzene rings is 1. The van der Waals surface area contributed by atoms with E-state index in [4.69, 9.17) is 4.74 Å². The molecule has 1 saturated carbocycles. The van der Waals surface area contributed by atoms with Crippen LogP contribution in [0.5, 0.6) is 5.75 Å². The summed E-state index contributed by atoms with van der Waals surface area (Å²) in [7, 11) is 0. The molecule has 1 fully saturated rings. The average Bonchev–Trinajstić information content (AvgIpc) is 2.47. The van der Waals surface area contributed by atoms with E-state index in [2.05, 4.69) is 57.3 Å². The fraction of sp³-hybridized carbons (Fsp3) is 0.684. The molecule has 1 N–H and O–H groups in total. The third kappa shape index (κ3) is 4.47. The van der Waals surface area contributed by atoms with Crippen molar-refractivity contribution < 1.29 is 4.74 Å². The molecule has 0 heterocycles. The lowest BCUT2D eigenvalue weighted by Gasteiger charge is -2.34. The highest BCUT2D eigenvalue weighted by Crippen LogP contribution is 2.31. The van der Waals surface area contributed by atoms with Crippen LogP contribution < -0.4 is 10.1 Å². The number of nitrogens with one attached hydrogen (secondary N) is 1. The highest BCUT2D eigenvalue weighted by atomic mass is 16.5. The molecule has 118 valence electrons. The summed E-state index contributed by atoms with van der Waals surface area (Å²) < 4.78 is 5.97. The fourth-order valence-corrected chi connectivity index (χ4v) is 3.53. The van der Waals surface area contributed by atoms with Gasteiger partial charge in [0.15, 0.2) is 0 Å². The molecule has 0 radical (unpaired) electrons. The number of rotatable bonds is 6. The van der Waals surface area contributed by atoms with Crippen molar-refractivity contribution in [3.8, 4) is 5.75 Å². The first kappa shape index (κ1) is 16.4. The van der Waals surface area contributed by atoms with Crippen LogP contribution in [0.1, 0.15) is 71.4 Å². The maximum Gasteiger partial charge on any atom is 0.124 e. The Morgan fingerprint density at radius 2 is 1.86 bits per heavy atom. The molecule has 3 atom stereocenters. The summed E-state index contributed by atoms with van der Waals surface area (Å²) in [6, 6.07) is 9.45. The first-order valence-electron chi connectivity index (χ1n) is 8.63. The van der Waals surface area contributed by atoms with Crippen molar-refractivity contribution in [2.24, 2.45) is 5.92 Å². The van der Waals surface area contributed by atoms with Crippen molar-refractivity contribution >= 4 is 0 Å². The number of hydrogen-bond acceptors (Lipinski definition) is 2. The van der Waals surface area contributed by atoms with Crippen molar-refractivity contribution in [1.82, 2.24) is 5.32 Å². The highest BCUT2D eigenvalue weighted by molar-refractivity contribution is 5.35. The molecule has 2 nitrogen and oxygen atoms in total. The van der Waals surface area contributed by atoms with E-state index in [9.17, 15) is 0 Å². The molecule has 0 aromatic heterocycles. The van der Waals surface area contributed by atoms with Crippen LogP contribution >= 0.6 is 0 Å². The predicted octanol–water partition coefficient (Wildman–Crippen LogP) is 5.09. The molecular weight excluding hydrogens is 258 g/mol. The van der Waals surface area contributed by atoms with Gasteiger partial charge < -0.3 is 10.1 Å². The van der Waals surface area contributed by atoms with Gasteiger partial charge in [-0.15, -0.1) is 0 Å². The van der Waals surface area contributed by atoms with Crippen molar-refractivity contribution in [2.45, 2.75) is 78.0 Å². The third-order valence-electron chi connectivity index (χ3n) is 4.65. The normalized spacial score (nSPS) is 24.0. The van der Waals surface area contributed by atoms with Crippen molar-refractivity contribution in [2.75, 3.05) is 0 Å². The van der Waals surface area contributed by atoms with Crippen LogP contribution in [0.2, 0.25) is 0 Å². The largest absolute Gasteiger partial charge is 0.491 e. The lowest BCUT2D eigenvalue weighted by atomic mass is 9.82. The van der Waals surface area contributed by atoms with E-state index >= 15 is 0 Å². The SMILES string of the molecule is CCC1CCCCC1NC(C)c1ccccc1OC(C)C. The molecule has 0 bridgehead atoms. The molecule has 3 unspecified atom stereocenters. The van der Waals surface area contributed by atoms with E-state index in [-0.39, 0.29) is 6.10 Å². The van der Waals surface area contributed by atoms with Gasteiger partial charge in [-0.2, -0.15) is 0 Å². The minimum Gasteiger partial charge on any atom is -0.491 e. The minimum absolute atomic E-state index is 0.219. The van der Waals surface area contributed by atoms with Gasteiger partial charge in [-0.3, -0.25) is 0 Å². The molecule has 0 amide bonds. The smallest absolute Gasteiger partial charge is 0.124 e. The zero-order valence-corrected chi connectivity index (χ0v) is 14.1. The third-order valence-corrected chi connectivity index (χ3v) is 4.65. The Balaban J connectivity index is 2.07. The van der Waals surface area contributed by atoms with Crippen LogP contribution in [-0.4, -0.2) is 12.1 Å². The zero-order valence-electron chi connectivity index (χ0n) is 14.1. The van der Waals surface area contributed by atoms with Crippen LogP contribution in [0.25, 0.3) is 0 Å². The highest BCUT2D eigenvalue weighted by Gasteiger charge is 2.25. The summed E-state index contributed by atoms with van der Waals surface area (Å²) in [6.45, 7) is 8.77. The molecule has 1 aromatic rings. The summed E-state index contributed by atoms with van der Waals surface area (Å²) >= 11 is 0. The maximum absolute atomic E-state index is 5.97. The Morgan fingerprint density at radius 1 is 1.14 bits per heavy atom. The Bertz CT molecular complexity index is 429. The number of para-hydroxylation sites is 1. The van der Waals surface area contributed by atoms with E-state index in [1.54, 1.807) is 0 Å². The van der Waals surface area contributed by atoms with Gasteiger partial charge in [-0.1, -0.05) is 44.4 Å². The van der Waals surface area contributed by atoms with Crippen LogP contribution in [0, 0.1) is 5.92 Å². The molecular formula is C19H31NO. The Labute approximate surface area is 130 Å². The molecule has 2 heteroatoms. The van der Waals surface area contributed by atoms with Crippen molar-refractivity contribution in [3.63, 3.8) is 0 Å². The monoisotopic (exact) mass is 289 g/mol. The fourth-order valence-electron chi connectivity index (χ4n) is 3.53. The van der Waals surface area contributed by atoms with Crippen LogP contribution in [0.3, 0.4) is 0 Å². The first-order valence-corrected chi connectivity index (χ1v) is 8.63. The average molecular weight is 289 g/mol. The first-order chi connectivity index (χ1) is 10.1. The Morgan fingerprint density at radius 3 is 2.57 bits per heavy atom. The number of ether oxygens (including phenoxy) is 1. The van der Waals surface area contributed by atoms with Gasteiger partial charge >= 0.3 is 0 Å². The minimum atomic E-state index is 0.219. The molecule has 2 rings (SSSR count). The number of hydrogen-bond donors (Lipinski definition) is 1. The van der Waals surface area contributed by atoms with Gasteiger partial charge in [0, 0.05) is 17.6 Å². The van der Waals surface area contributed by atoms with Crippen molar-refractivity contribution in [3.05, 3.63) is 29.8 Å². The van der Waals surface area contributed by atoms with Crippen LogP contribution in [0.15, 0.2) is 24.3 Å². The van der Waals surface area contributed by atoms with Gasteiger partial charge in [-0.25, -0.2) is 0 Å². The summed E-state index contributed by atoms with van der Waals surface area (Å²) in [4.78, 5) is 0. The van der Waals surface area contributed by atoms with Gasteiger partial charge in [0.2, 0.25) is 0 Å². The summed E-state index contributed by atoms with van der Waals surface area (Å²) in [5, 5.41) is 3.87. The Kier molecular flexibility index (Phi) is 6.10. The Hall–Kier alpha value is -1.02. The molecule has 0 aliphatic heterocycles. The van der Waals surface area contributed by atoms with E-state index in [0.717, 1.165) is 11.7 Å². The molecule has 1 aliphatic carbocycles. The quantitative estimate of drug-likeness (QED) is 0.787. The standard InChI is InChI=1S/C19H31NO/c1-5-16-10-6-8-12-18(16)20-15(4)17-11-7-9-13-19(17)21-14(2)3/h7,9,11,13-16,18,20H,5-6,8,10,12H2,1-4H3. The maximum atomic E-state index is 5.97.